The Hall–Kier alpha value is -5.46. The van der Waals surface area contributed by atoms with Crippen LogP contribution in [0.2, 0.25) is 0 Å². The molecule has 7 aromatic rings. The molecule has 3 aliphatic rings. The maximum absolute atomic E-state index is 2.59. The molecule has 0 nitrogen and oxygen atoms in total. The van der Waals surface area contributed by atoms with Crippen LogP contribution in [-0.4, -0.2) is 0 Å². The highest BCUT2D eigenvalue weighted by molar-refractivity contribution is 6.01. The van der Waals surface area contributed by atoms with E-state index >= 15 is 0 Å². The molecule has 0 radical (unpaired) electrons. The fourth-order valence-electron chi connectivity index (χ4n) is 12.9. The molecule has 0 saturated heterocycles. The smallest absolute Gasteiger partial charge is 0.0159 e. The van der Waals surface area contributed by atoms with E-state index in [2.05, 4.69) is 268 Å². The molecular weight excluding hydrogens is 889 g/mol. The predicted molar refractivity (Wildman–Crippen MR) is 323 cm³/mol. The first-order chi connectivity index (χ1) is 33.9. The zero-order valence-electron chi connectivity index (χ0n) is 50.0. The topological polar surface area (TPSA) is 0 Å². The molecule has 0 heterocycles. The summed E-state index contributed by atoms with van der Waals surface area (Å²) in [5.41, 5.74) is 32.5. The van der Waals surface area contributed by atoms with Gasteiger partial charge in [-0.3, -0.25) is 0 Å². The first kappa shape index (κ1) is 52.0. The molecule has 10 rings (SSSR count). The number of rotatable bonds is 4. The molecule has 0 saturated carbocycles. The highest BCUT2D eigenvalue weighted by Gasteiger charge is 2.43. The molecule has 0 amide bonds. The lowest BCUT2D eigenvalue weighted by Crippen LogP contribution is -2.19. The molecule has 0 fully saturated rings. The van der Waals surface area contributed by atoms with Gasteiger partial charge in [0.25, 0.3) is 0 Å². The highest BCUT2D eigenvalue weighted by Crippen LogP contribution is 2.59. The number of hydrogen-bond donors (Lipinski definition) is 0. The second kappa shape index (κ2) is 16.3. The van der Waals surface area contributed by atoms with Crippen LogP contribution in [-0.2, 0) is 43.3 Å². The van der Waals surface area contributed by atoms with Gasteiger partial charge in [0.2, 0.25) is 0 Å². The summed E-state index contributed by atoms with van der Waals surface area (Å²) in [6.45, 7) is 55.1. The van der Waals surface area contributed by atoms with Crippen molar-refractivity contribution in [3.05, 3.63) is 176 Å². The minimum Gasteiger partial charge on any atom is -0.0587 e. The molecule has 0 aromatic heterocycles. The molecule has 0 N–H and O–H groups in total. The predicted octanol–water partition coefficient (Wildman–Crippen LogP) is 21.2. The Morgan fingerprint density at radius 1 is 0.270 bits per heavy atom. The van der Waals surface area contributed by atoms with E-state index < -0.39 is 0 Å². The zero-order chi connectivity index (χ0) is 54.2. The van der Waals surface area contributed by atoms with Crippen molar-refractivity contribution in [2.75, 3.05) is 0 Å². The minimum atomic E-state index is -0.181. The molecule has 7 aromatic carbocycles. The first-order valence-corrected chi connectivity index (χ1v) is 28.1. The van der Waals surface area contributed by atoms with E-state index in [0.717, 1.165) is 0 Å². The monoisotopic (exact) mass is 977 g/mol. The minimum absolute atomic E-state index is 0.0398. The normalized spacial score (nSPS) is 16.2. The molecule has 0 heteroatoms. The lowest BCUT2D eigenvalue weighted by atomic mass is 9.75. The molecule has 0 spiro atoms. The van der Waals surface area contributed by atoms with Crippen molar-refractivity contribution in [3.8, 4) is 66.8 Å². The average molecular weight is 978 g/mol. The summed E-state index contributed by atoms with van der Waals surface area (Å²) in [6.07, 6.45) is 0. The fraction of sp³-hybridized carbons (Fsp3) is 0.432. The Kier molecular flexibility index (Phi) is 11.4. The Morgan fingerprint density at radius 2 is 0.527 bits per heavy atom. The van der Waals surface area contributed by atoms with E-state index in [9.17, 15) is 0 Å². The van der Waals surface area contributed by atoms with Gasteiger partial charge in [0.15, 0.2) is 0 Å². The quantitative estimate of drug-likeness (QED) is 0.165. The van der Waals surface area contributed by atoms with Gasteiger partial charge in [0.05, 0.1) is 0 Å². The standard InChI is InChI=1S/C74H88/c1-42(2)43-33-55(64-52-27-24-47(67(3,4)5)37-58(52)72(18,19)61(64)34-43)44-30-45(56-35-50(70(12,13)14)40-62-65(56)53-28-25-48(68(6,7)8)38-59(53)73(62,20)21)32-46(31-44)57-36-51(71(15,16)17)41-63-66(57)54-29-26-49(69(9,10)11)39-60(54)74(63,22)23/h24-42H,1-23H3. The van der Waals surface area contributed by atoms with Gasteiger partial charge in [-0.25, -0.2) is 0 Å². The molecule has 384 valence electrons. The van der Waals surface area contributed by atoms with Crippen LogP contribution in [0.3, 0.4) is 0 Å². The number of fused-ring (bicyclic) bond motifs is 9. The fourth-order valence-corrected chi connectivity index (χ4v) is 12.9. The van der Waals surface area contributed by atoms with Crippen LogP contribution in [0.25, 0.3) is 66.8 Å². The molecule has 0 unspecified atom stereocenters. The molecule has 74 heavy (non-hydrogen) atoms. The van der Waals surface area contributed by atoms with Crippen LogP contribution in [0.15, 0.2) is 109 Å². The second-order valence-electron chi connectivity index (χ2n) is 30.2. The maximum Gasteiger partial charge on any atom is 0.0159 e. The molecule has 0 aliphatic heterocycles. The van der Waals surface area contributed by atoms with Gasteiger partial charge in [-0.2, -0.15) is 0 Å². The third kappa shape index (κ3) is 8.13. The zero-order valence-corrected chi connectivity index (χ0v) is 50.0. The Labute approximate surface area is 448 Å². The summed E-state index contributed by atoms with van der Waals surface area (Å²) in [7, 11) is 0. The third-order valence-corrected chi connectivity index (χ3v) is 18.2. The van der Waals surface area contributed by atoms with Crippen molar-refractivity contribution in [2.24, 2.45) is 0 Å². The Morgan fingerprint density at radius 3 is 0.797 bits per heavy atom. The van der Waals surface area contributed by atoms with Crippen molar-refractivity contribution in [1.82, 2.24) is 0 Å². The average Bonchev–Trinajstić information content (AvgIpc) is 3.78. The van der Waals surface area contributed by atoms with E-state index in [1.165, 1.54) is 134 Å². The van der Waals surface area contributed by atoms with Crippen LogP contribution < -0.4 is 0 Å². The van der Waals surface area contributed by atoms with Crippen molar-refractivity contribution in [2.45, 2.75) is 208 Å². The van der Waals surface area contributed by atoms with Crippen LogP contribution in [0.5, 0.6) is 0 Å². The van der Waals surface area contributed by atoms with E-state index in [1.807, 2.05) is 0 Å². The number of hydrogen-bond acceptors (Lipinski definition) is 0. The van der Waals surface area contributed by atoms with Gasteiger partial charge < -0.3 is 0 Å². The SMILES string of the molecule is CC(C)c1cc(-c2cc(-c3cc(C(C)(C)C)cc4c3-c3ccc(C(C)(C)C)cc3C4(C)C)cc(-c3cc(C(C)(C)C)cc4c3-c3ccc(C(C)(C)C)cc3C4(C)C)c2)c2c(c1)C(C)(C)c1cc(C(C)(C)C)ccc1-2. The van der Waals surface area contributed by atoms with Crippen molar-refractivity contribution >= 4 is 0 Å². The van der Waals surface area contributed by atoms with Crippen LogP contribution >= 0.6 is 0 Å². The highest BCUT2D eigenvalue weighted by atomic mass is 14.5. The van der Waals surface area contributed by atoms with Crippen LogP contribution in [0.1, 0.15) is 232 Å². The lowest BCUT2D eigenvalue weighted by molar-refractivity contribution is 0.579. The summed E-state index contributed by atoms with van der Waals surface area (Å²) in [4.78, 5) is 0. The van der Waals surface area contributed by atoms with Crippen molar-refractivity contribution in [3.63, 3.8) is 0 Å². The van der Waals surface area contributed by atoms with E-state index in [-0.39, 0.29) is 43.3 Å². The summed E-state index contributed by atoms with van der Waals surface area (Å²) >= 11 is 0. The van der Waals surface area contributed by atoms with Gasteiger partial charge in [0.1, 0.15) is 0 Å². The molecule has 3 aliphatic carbocycles. The summed E-state index contributed by atoms with van der Waals surface area (Å²) < 4.78 is 0. The lowest BCUT2D eigenvalue weighted by Gasteiger charge is -2.28. The largest absolute Gasteiger partial charge is 0.0587 e. The second-order valence-corrected chi connectivity index (χ2v) is 30.2. The third-order valence-electron chi connectivity index (χ3n) is 18.2. The van der Waals surface area contributed by atoms with Crippen LogP contribution in [0.4, 0.5) is 0 Å². The maximum atomic E-state index is 2.59. The van der Waals surface area contributed by atoms with Crippen molar-refractivity contribution < 1.29 is 0 Å². The van der Waals surface area contributed by atoms with E-state index in [0.29, 0.717) is 5.92 Å². The van der Waals surface area contributed by atoms with Gasteiger partial charge in [-0.1, -0.05) is 238 Å². The van der Waals surface area contributed by atoms with Gasteiger partial charge in [-0.15, -0.1) is 0 Å². The van der Waals surface area contributed by atoms with E-state index in [1.54, 1.807) is 0 Å². The van der Waals surface area contributed by atoms with Crippen LogP contribution in [0, 0.1) is 0 Å². The first-order valence-electron chi connectivity index (χ1n) is 28.1. The van der Waals surface area contributed by atoms with Gasteiger partial charge in [0, 0.05) is 16.2 Å². The van der Waals surface area contributed by atoms with Crippen molar-refractivity contribution in [1.29, 1.82) is 0 Å². The summed E-state index contributed by atoms with van der Waals surface area (Å²) in [6, 6.07) is 45.4. The van der Waals surface area contributed by atoms with E-state index in [4.69, 9.17) is 0 Å². The Bertz CT molecular complexity index is 3320. The summed E-state index contributed by atoms with van der Waals surface area (Å²) in [5.74, 6) is 0.360. The summed E-state index contributed by atoms with van der Waals surface area (Å²) in [5, 5.41) is 0. The molecular formula is C74H88. The molecule has 0 atom stereocenters. The van der Waals surface area contributed by atoms with Gasteiger partial charge in [-0.05, 0) is 197 Å². The Balaban J connectivity index is 1.37. The number of benzene rings is 7. The molecule has 0 bridgehead atoms. The van der Waals surface area contributed by atoms with Gasteiger partial charge >= 0.3 is 0 Å².